The van der Waals surface area contributed by atoms with Gasteiger partial charge < -0.3 is 10.1 Å². The average Bonchev–Trinajstić information content (AvgIpc) is 3.57. The average molecular weight is 660 g/mol. The Morgan fingerprint density at radius 1 is 1.14 bits per heavy atom. The predicted molar refractivity (Wildman–Crippen MR) is 149 cm³/mol. The van der Waals surface area contributed by atoms with Gasteiger partial charge in [-0.25, -0.2) is 31.6 Å². The van der Waals surface area contributed by atoms with Crippen LogP contribution in [0.3, 0.4) is 0 Å². The number of rotatable bonds is 7. The number of amides is 1. The van der Waals surface area contributed by atoms with Crippen LogP contribution in [0.2, 0.25) is 0 Å². The smallest absolute Gasteiger partial charge is 0.475 e. The minimum Gasteiger partial charge on any atom is -0.475 e. The molecular formula is C25H24F3N5O7S3. The molecule has 1 fully saturated rings. The van der Waals surface area contributed by atoms with Crippen LogP contribution in [0.5, 0.6) is 0 Å². The largest absolute Gasteiger partial charge is 0.490 e. The van der Waals surface area contributed by atoms with Gasteiger partial charge in [0.05, 0.1) is 34.2 Å². The van der Waals surface area contributed by atoms with E-state index in [1.54, 1.807) is 38.1 Å². The second kappa shape index (κ2) is 12.0. The summed E-state index contributed by atoms with van der Waals surface area (Å²) < 4.78 is 87.7. The molecule has 0 aliphatic carbocycles. The summed E-state index contributed by atoms with van der Waals surface area (Å²) in [5, 5.41) is 6.83. The third-order valence-corrected chi connectivity index (χ3v) is 11.0. The molecule has 0 saturated carbocycles. The van der Waals surface area contributed by atoms with Crippen molar-refractivity contribution in [1.29, 1.82) is 0 Å². The van der Waals surface area contributed by atoms with E-state index < -0.39 is 49.4 Å². The summed E-state index contributed by atoms with van der Waals surface area (Å²) in [6, 6.07) is 13.5. The number of H-pyrrole nitrogens is 1. The molecule has 43 heavy (non-hydrogen) atoms. The van der Waals surface area contributed by atoms with Crippen LogP contribution in [0, 0.1) is 13.8 Å². The first-order chi connectivity index (χ1) is 20.0. The van der Waals surface area contributed by atoms with Crippen molar-refractivity contribution in [3.8, 4) is 0 Å². The van der Waals surface area contributed by atoms with Crippen LogP contribution in [-0.4, -0.2) is 54.9 Å². The van der Waals surface area contributed by atoms with E-state index in [2.05, 4.69) is 19.7 Å². The van der Waals surface area contributed by atoms with Crippen molar-refractivity contribution in [3.05, 3.63) is 76.2 Å². The van der Waals surface area contributed by atoms with Crippen LogP contribution in [0.25, 0.3) is 11.0 Å². The van der Waals surface area contributed by atoms with E-state index >= 15 is 0 Å². The maximum atomic E-state index is 13.3. The first kappa shape index (κ1) is 32.1. The van der Waals surface area contributed by atoms with E-state index in [1.807, 2.05) is 29.0 Å². The molecule has 2 aromatic carbocycles. The molecule has 4 aromatic rings. The van der Waals surface area contributed by atoms with Crippen LogP contribution < -0.4 is 9.44 Å². The zero-order valence-corrected chi connectivity index (χ0v) is 24.8. The SMILES string of the molecule is Cc1nc(C)c(S(=O)(=O)N[C@@H](Cc2ccc(C3CC(=O)NS3(=O)=O)cc2)c2nc3ccccc3[nH]2)s1.O=C(O)C(F)(F)F. The number of hydrogen-bond acceptors (Lipinski definition) is 9. The fourth-order valence-corrected chi connectivity index (χ4v) is 8.41. The zero-order valence-electron chi connectivity index (χ0n) is 22.3. The second-order valence-corrected chi connectivity index (χ2v) is 14.4. The number of carboxylic acids is 1. The first-order valence-corrected chi connectivity index (χ1v) is 16.2. The molecular weight excluding hydrogens is 635 g/mol. The van der Waals surface area contributed by atoms with Gasteiger partial charge in [0, 0.05) is 0 Å². The van der Waals surface area contributed by atoms with Crippen molar-refractivity contribution in [2.24, 2.45) is 0 Å². The number of aliphatic carboxylic acids is 1. The van der Waals surface area contributed by atoms with Crippen molar-refractivity contribution < 1.29 is 44.7 Å². The topological polar surface area (TPSA) is 188 Å². The van der Waals surface area contributed by atoms with E-state index in [1.165, 1.54) is 0 Å². The number of thiazole rings is 1. The third-order valence-electron chi connectivity index (χ3n) is 6.18. The van der Waals surface area contributed by atoms with E-state index in [4.69, 9.17) is 9.90 Å². The molecule has 4 N–H and O–H groups in total. The minimum atomic E-state index is -5.08. The van der Waals surface area contributed by atoms with Crippen LogP contribution in [0.1, 0.15) is 45.4 Å². The quantitative estimate of drug-likeness (QED) is 0.230. The number of carbonyl (C=O) groups excluding carboxylic acids is 1. The molecule has 1 amide bonds. The number of fused-ring (bicyclic) bond motifs is 1. The molecule has 0 radical (unpaired) electrons. The van der Waals surface area contributed by atoms with Crippen LogP contribution in [-0.2, 0) is 36.1 Å². The molecule has 12 nitrogen and oxygen atoms in total. The van der Waals surface area contributed by atoms with Crippen LogP contribution in [0.4, 0.5) is 13.2 Å². The molecule has 1 unspecified atom stereocenters. The lowest BCUT2D eigenvalue weighted by atomic mass is 10.0. The fraction of sp³-hybridized carbons (Fsp3) is 0.280. The lowest BCUT2D eigenvalue weighted by Crippen LogP contribution is -2.30. The molecule has 0 bridgehead atoms. The molecule has 1 aliphatic rings. The van der Waals surface area contributed by atoms with Crippen molar-refractivity contribution in [1.82, 2.24) is 24.4 Å². The fourth-order valence-electron chi connectivity index (χ4n) is 4.29. The molecule has 1 aliphatic heterocycles. The van der Waals surface area contributed by atoms with Gasteiger partial charge in [0.1, 0.15) is 11.1 Å². The van der Waals surface area contributed by atoms with Gasteiger partial charge in [0.2, 0.25) is 15.9 Å². The molecule has 3 heterocycles. The summed E-state index contributed by atoms with van der Waals surface area (Å²) in [6.45, 7) is 3.41. The van der Waals surface area contributed by atoms with Crippen molar-refractivity contribution in [3.63, 3.8) is 0 Å². The number of aryl methyl sites for hydroxylation is 2. The minimum absolute atomic E-state index is 0.128. The Kier molecular flexibility index (Phi) is 8.96. The van der Waals surface area contributed by atoms with Gasteiger partial charge in [-0.15, -0.1) is 11.3 Å². The number of hydrogen-bond donors (Lipinski definition) is 4. The summed E-state index contributed by atoms with van der Waals surface area (Å²) in [6.07, 6.45) is -4.96. The van der Waals surface area contributed by atoms with Gasteiger partial charge in [-0.05, 0) is 43.5 Å². The van der Waals surface area contributed by atoms with Crippen molar-refractivity contribution >= 4 is 54.3 Å². The Morgan fingerprint density at radius 2 is 1.77 bits per heavy atom. The Morgan fingerprint density at radius 3 is 2.28 bits per heavy atom. The van der Waals surface area contributed by atoms with Gasteiger partial charge in [-0.3, -0.25) is 9.52 Å². The number of imidazole rings is 1. The summed E-state index contributed by atoms with van der Waals surface area (Å²) in [5.41, 5.74) is 3.17. The number of halogens is 3. The second-order valence-electron chi connectivity index (χ2n) is 9.43. The Balaban J connectivity index is 0.000000541. The van der Waals surface area contributed by atoms with E-state index in [0.717, 1.165) is 22.4 Å². The molecule has 0 spiro atoms. The summed E-state index contributed by atoms with van der Waals surface area (Å²) in [7, 11) is -7.65. The van der Waals surface area contributed by atoms with Crippen molar-refractivity contribution in [2.75, 3.05) is 0 Å². The number of aromatic nitrogens is 3. The van der Waals surface area contributed by atoms with Gasteiger partial charge in [-0.1, -0.05) is 36.4 Å². The lowest BCUT2D eigenvalue weighted by Gasteiger charge is -2.17. The number of sulfonamides is 2. The summed E-state index contributed by atoms with van der Waals surface area (Å²) >= 11 is 1.10. The number of carbonyl (C=O) groups is 2. The first-order valence-electron chi connectivity index (χ1n) is 12.3. The molecule has 2 atom stereocenters. The number of nitrogens with one attached hydrogen (secondary N) is 3. The van der Waals surface area contributed by atoms with E-state index in [0.29, 0.717) is 27.6 Å². The van der Waals surface area contributed by atoms with E-state index in [9.17, 15) is 34.8 Å². The molecule has 230 valence electrons. The van der Waals surface area contributed by atoms with Gasteiger partial charge in [0.15, 0.2) is 4.21 Å². The highest BCUT2D eigenvalue weighted by Crippen LogP contribution is 2.31. The molecule has 18 heteroatoms. The van der Waals surface area contributed by atoms with Gasteiger partial charge >= 0.3 is 12.1 Å². The monoisotopic (exact) mass is 659 g/mol. The van der Waals surface area contributed by atoms with Gasteiger partial charge in [-0.2, -0.15) is 17.9 Å². The number of benzene rings is 2. The zero-order chi connectivity index (χ0) is 31.7. The molecule has 2 aromatic heterocycles. The summed E-state index contributed by atoms with van der Waals surface area (Å²) in [4.78, 5) is 32.5. The Hall–Kier alpha value is -3.87. The highest BCUT2D eigenvalue weighted by molar-refractivity contribution is 7.91. The highest BCUT2D eigenvalue weighted by Gasteiger charge is 2.39. The Labute approximate surface area is 247 Å². The normalized spacial score (nSPS) is 17.2. The molecule has 5 rings (SSSR count). The summed E-state index contributed by atoms with van der Waals surface area (Å²) in [5.74, 6) is -2.83. The maximum absolute atomic E-state index is 13.3. The Bertz CT molecular complexity index is 1850. The van der Waals surface area contributed by atoms with Crippen LogP contribution >= 0.6 is 11.3 Å². The van der Waals surface area contributed by atoms with Crippen LogP contribution in [0.15, 0.2) is 52.7 Å². The number of aromatic amines is 1. The maximum Gasteiger partial charge on any atom is 0.490 e. The number of para-hydroxylation sites is 2. The molecule has 1 saturated heterocycles. The predicted octanol–water partition coefficient (Wildman–Crippen LogP) is 3.42. The van der Waals surface area contributed by atoms with E-state index in [-0.39, 0.29) is 17.1 Å². The number of carboxylic acid groups (broad SMARTS) is 1. The number of nitrogens with zero attached hydrogens (tertiary/aromatic N) is 2. The standard InChI is InChI=1S/C23H23N5O5S3.C2HF3O2/c1-13-23(34-14(2)24-13)36(32,33)27-19(22-25-17-5-3-4-6-18(17)26-22)11-15-7-9-16(10-8-15)20-12-21(29)28-35(20,30)31;3-2(4,5)1(6)7/h3-10,19-20,27H,11-12H2,1-2H3,(H,25,26)(H,28,29);(H,6,7)/t19-,20?;/m0./s1. The number of alkyl halides is 3. The van der Waals surface area contributed by atoms with Gasteiger partial charge in [0.25, 0.3) is 10.0 Å². The van der Waals surface area contributed by atoms with Crippen molar-refractivity contribution in [2.45, 2.75) is 48.4 Å². The third kappa shape index (κ3) is 7.56. The lowest BCUT2D eigenvalue weighted by molar-refractivity contribution is -0.192. The highest BCUT2D eigenvalue weighted by atomic mass is 32.2.